The molecular weight excluding hydrogens is 474 g/mol. The molecule has 170 valence electrons. The zero-order chi connectivity index (χ0) is 24.1. The number of hydrogen-bond acceptors (Lipinski definition) is 6. The summed E-state index contributed by atoms with van der Waals surface area (Å²) in [5, 5.41) is 7.45. The molecule has 0 saturated heterocycles. The molecule has 1 aromatic heterocycles. The number of amides is 2. The normalized spacial score (nSPS) is 10.9. The van der Waals surface area contributed by atoms with Gasteiger partial charge in [0.1, 0.15) is 10.6 Å². The first kappa shape index (κ1) is 23.2. The first-order valence-corrected chi connectivity index (χ1v) is 11.3. The predicted molar refractivity (Wildman–Crippen MR) is 134 cm³/mol. The van der Waals surface area contributed by atoms with Crippen LogP contribution in [0.1, 0.15) is 20.8 Å². The Morgan fingerprint density at radius 1 is 0.971 bits per heavy atom. The number of nitrogens with zero attached hydrogens (tertiary/aromatic N) is 1. The lowest BCUT2D eigenvalue weighted by Gasteiger charge is -2.05. The summed E-state index contributed by atoms with van der Waals surface area (Å²) in [4.78, 5) is 36.9. The first-order valence-electron chi connectivity index (χ1n) is 10.1. The van der Waals surface area contributed by atoms with E-state index in [1.165, 1.54) is 17.6 Å². The molecule has 0 spiro atoms. The molecule has 0 atom stereocenters. The van der Waals surface area contributed by atoms with Gasteiger partial charge in [-0.1, -0.05) is 54.1 Å². The van der Waals surface area contributed by atoms with Crippen LogP contribution in [0.5, 0.6) is 5.75 Å². The average Bonchev–Trinajstić information content (AvgIpc) is 3.16. The lowest BCUT2D eigenvalue weighted by atomic mass is 10.2. The Morgan fingerprint density at radius 2 is 1.76 bits per heavy atom. The number of hydrogen-bond donors (Lipinski definition) is 2. The molecule has 0 aliphatic heterocycles. The smallest absolute Gasteiger partial charge is 0.355 e. The van der Waals surface area contributed by atoms with Crippen LogP contribution in [-0.2, 0) is 9.59 Å². The SMILES string of the molecule is Cc1cccc(NC(=O)C(=O)N/N=C\c2cccc(OC(=O)c3sc4ccccc4c3Cl)c2)c1. The summed E-state index contributed by atoms with van der Waals surface area (Å²) in [6.07, 6.45) is 1.33. The Morgan fingerprint density at radius 3 is 2.56 bits per heavy atom. The molecule has 1 heterocycles. The van der Waals surface area contributed by atoms with Crippen molar-refractivity contribution in [3.8, 4) is 5.75 Å². The number of carbonyl (C=O) groups is 3. The summed E-state index contributed by atoms with van der Waals surface area (Å²) in [5.41, 5.74) is 4.18. The van der Waals surface area contributed by atoms with Crippen molar-refractivity contribution in [2.45, 2.75) is 6.92 Å². The Hall–Kier alpha value is -4.01. The highest BCUT2D eigenvalue weighted by molar-refractivity contribution is 7.21. The number of halogens is 1. The zero-order valence-electron chi connectivity index (χ0n) is 17.9. The number of carbonyl (C=O) groups excluding carboxylic acids is 3. The lowest BCUT2D eigenvalue weighted by molar-refractivity contribution is -0.136. The second-order valence-corrected chi connectivity index (χ2v) is 8.66. The van der Waals surface area contributed by atoms with Crippen LogP contribution in [0.2, 0.25) is 5.02 Å². The van der Waals surface area contributed by atoms with Gasteiger partial charge in [-0.05, 0) is 48.4 Å². The van der Waals surface area contributed by atoms with Gasteiger partial charge < -0.3 is 10.1 Å². The van der Waals surface area contributed by atoms with Crippen LogP contribution < -0.4 is 15.5 Å². The van der Waals surface area contributed by atoms with Gasteiger partial charge in [0.05, 0.1) is 11.2 Å². The number of esters is 1. The van der Waals surface area contributed by atoms with Crippen molar-refractivity contribution < 1.29 is 19.1 Å². The van der Waals surface area contributed by atoms with Gasteiger partial charge in [-0.3, -0.25) is 9.59 Å². The molecule has 34 heavy (non-hydrogen) atoms. The molecule has 0 saturated carbocycles. The maximum atomic E-state index is 12.6. The van der Waals surface area contributed by atoms with Crippen LogP contribution in [0.15, 0.2) is 77.9 Å². The van der Waals surface area contributed by atoms with Gasteiger partial charge in [0.15, 0.2) is 0 Å². The van der Waals surface area contributed by atoms with E-state index in [1.54, 1.807) is 42.5 Å². The third kappa shape index (κ3) is 5.48. The summed E-state index contributed by atoms with van der Waals surface area (Å²) in [6, 6.07) is 21.1. The van der Waals surface area contributed by atoms with Gasteiger partial charge >= 0.3 is 17.8 Å². The van der Waals surface area contributed by atoms with Crippen molar-refractivity contribution in [2.24, 2.45) is 5.10 Å². The van der Waals surface area contributed by atoms with Crippen molar-refractivity contribution in [1.82, 2.24) is 5.43 Å². The lowest BCUT2D eigenvalue weighted by Crippen LogP contribution is -2.32. The first-order chi connectivity index (χ1) is 16.4. The van der Waals surface area contributed by atoms with Crippen LogP contribution >= 0.6 is 22.9 Å². The molecule has 2 amide bonds. The highest BCUT2D eigenvalue weighted by atomic mass is 35.5. The third-order valence-corrected chi connectivity index (χ3v) is 6.31. The monoisotopic (exact) mass is 491 g/mol. The molecule has 7 nitrogen and oxygen atoms in total. The van der Waals surface area contributed by atoms with E-state index in [2.05, 4.69) is 15.8 Å². The van der Waals surface area contributed by atoms with Gasteiger partial charge in [0, 0.05) is 15.8 Å². The van der Waals surface area contributed by atoms with Crippen molar-refractivity contribution in [2.75, 3.05) is 5.32 Å². The van der Waals surface area contributed by atoms with Crippen molar-refractivity contribution >= 4 is 62.7 Å². The number of thiophene rings is 1. The molecule has 4 rings (SSSR count). The van der Waals surface area contributed by atoms with Crippen molar-refractivity contribution in [3.63, 3.8) is 0 Å². The molecule has 0 bridgehead atoms. The van der Waals surface area contributed by atoms with E-state index in [9.17, 15) is 14.4 Å². The van der Waals surface area contributed by atoms with Crippen LogP contribution in [0, 0.1) is 6.92 Å². The summed E-state index contributed by atoms with van der Waals surface area (Å²) < 4.78 is 6.36. The average molecular weight is 492 g/mol. The standard InChI is InChI=1S/C25H18ClN3O4S/c1-15-6-4-8-17(12-15)28-23(30)24(31)29-27-14-16-7-5-9-18(13-16)33-25(32)22-21(26)19-10-2-3-11-20(19)34-22/h2-14H,1H3,(H,28,30)(H,29,31)/b27-14-. The van der Waals surface area contributed by atoms with E-state index in [1.807, 2.05) is 37.3 Å². The summed E-state index contributed by atoms with van der Waals surface area (Å²) >= 11 is 7.61. The molecular formula is C25H18ClN3O4S. The second-order valence-electron chi connectivity index (χ2n) is 7.23. The van der Waals surface area contributed by atoms with Gasteiger partial charge in [0.2, 0.25) is 0 Å². The zero-order valence-corrected chi connectivity index (χ0v) is 19.4. The Balaban J connectivity index is 1.37. The molecule has 0 fully saturated rings. The van der Waals surface area contributed by atoms with Crippen molar-refractivity contribution in [1.29, 1.82) is 0 Å². The number of nitrogens with one attached hydrogen (secondary N) is 2. The number of anilines is 1. The molecule has 3 aromatic carbocycles. The summed E-state index contributed by atoms with van der Waals surface area (Å²) in [5.74, 6) is -2.04. The maximum Gasteiger partial charge on any atom is 0.355 e. The minimum absolute atomic E-state index is 0.283. The minimum Gasteiger partial charge on any atom is -0.422 e. The fourth-order valence-corrected chi connectivity index (χ4v) is 4.47. The van der Waals surface area contributed by atoms with E-state index in [0.717, 1.165) is 15.6 Å². The van der Waals surface area contributed by atoms with E-state index >= 15 is 0 Å². The van der Waals surface area contributed by atoms with Crippen LogP contribution in [-0.4, -0.2) is 24.0 Å². The molecule has 0 unspecified atom stereocenters. The molecule has 0 radical (unpaired) electrons. The van der Waals surface area contributed by atoms with E-state index in [-0.39, 0.29) is 5.75 Å². The third-order valence-electron chi connectivity index (χ3n) is 4.65. The predicted octanol–water partition coefficient (Wildman–Crippen LogP) is 5.17. The van der Waals surface area contributed by atoms with Crippen molar-refractivity contribution in [3.05, 3.63) is 93.8 Å². The van der Waals surface area contributed by atoms with Crippen LogP contribution in [0.4, 0.5) is 5.69 Å². The fourth-order valence-electron chi connectivity index (χ4n) is 3.08. The highest BCUT2D eigenvalue weighted by Crippen LogP contribution is 2.35. The Labute approximate surface area is 204 Å². The summed E-state index contributed by atoms with van der Waals surface area (Å²) in [6.45, 7) is 1.88. The molecule has 9 heteroatoms. The van der Waals surface area contributed by atoms with Gasteiger partial charge in [-0.15, -0.1) is 11.3 Å². The topological polar surface area (TPSA) is 96.9 Å². The van der Waals surface area contributed by atoms with Gasteiger partial charge in [-0.25, -0.2) is 10.2 Å². The maximum absolute atomic E-state index is 12.6. The minimum atomic E-state index is -0.917. The number of fused-ring (bicyclic) bond motifs is 1. The number of hydrazone groups is 1. The largest absolute Gasteiger partial charge is 0.422 e. The van der Waals surface area contributed by atoms with E-state index in [0.29, 0.717) is 21.2 Å². The van der Waals surface area contributed by atoms with E-state index < -0.39 is 17.8 Å². The number of aryl methyl sites for hydroxylation is 1. The second kappa shape index (κ2) is 10.3. The van der Waals surface area contributed by atoms with Crippen LogP contribution in [0.25, 0.3) is 10.1 Å². The fraction of sp³-hybridized carbons (Fsp3) is 0.0400. The Kier molecular flexibility index (Phi) is 7.01. The van der Waals surface area contributed by atoms with Crippen LogP contribution in [0.3, 0.4) is 0 Å². The number of benzene rings is 3. The molecule has 0 aliphatic carbocycles. The van der Waals surface area contributed by atoms with E-state index in [4.69, 9.17) is 16.3 Å². The molecule has 4 aromatic rings. The number of rotatable bonds is 5. The Bertz CT molecular complexity index is 1430. The summed E-state index contributed by atoms with van der Waals surface area (Å²) in [7, 11) is 0. The molecule has 0 aliphatic rings. The quantitative estimate of drug-likeness (QED) is 0.132. The number of ether oxygens (including phenoxy) is 1. The molecule has 2 N–H and O–H groups in total. The highest BCUT2D eigenvalue weighted by Gasteiger charge is 2.19. The van der Waals surface area contributed by atoms with Gasteiger partial charge in [0.25, 0.3) is 0 Å². The van der Waals surface area contributed by atoms with Gasteiger partial charge in [-0.2, -0.15) is 5.10 Å².